The van der Waals surface area contributed by atoms with E-state index in [1.54, 1.807) is 0 Å². The predicted molar refractivity (Wildman–Crippen MR) is 68.8 cm³/mol. The number of anilines is 1. The lowest BCUT2D eigenvalue weighted by molar-refractivity contribution is -0.233. The second-order valence-electron chi connectivity index (χ2n) is 4.84. The molecular weight excluding hydrogens is 282 g/mol. The van der Waals surface area contributed by atoms with Crippen molar-refractivity contribution in [3.63, 3.8) is 0 Å². The minimum Gasteiger partial charge on any atom is -0.394 e. The van der Waals surface area contributed by atoms with Crippen LogP contribution in [0.4, 0.5) is 5.95 Å². The molecule has 10 heteroatoms. The zero-order valence-corrected chi connectivity index (χ0v) is 10.8. The summed E-state index contributed by atoms with van der Waals surface area (Å²) in [7, 11) is 0. The molecule has 1 aliphatic heterocycles. The monoisotopic (exact) mass is 297 g/mol. The lowest BCUT2D eigenvalue weighted by Gasteiger charge is -2.39. The van der Waals surface area contributed by atoms with Crippen molar-refractivity contribution in [2.24, 2.45) is 0 Å². The van der Waals surface area contributed by atoms with Crippen molar-refractivity contribution in [2.45, 2.75) is 30.5 Å². The maximum Gasteiger partial charge on any atom is 0.222 e. The third-order valence-corrected chi connectivity index (χ3v) is 3.44. The van der Waals surface area contributed by atoms with E-state index in [2.05, 4.69) is 19.9 Å². The van der Waals surface area contributed by atoms with Gasteiger partial charge in [-0.3, -0.25) is 0 Å². The van der Waals surface area contributed by atoms with Gasteiger partial charge in [0.05, 0.1) is 12.8 Å². The van der Waals surface area contributed by atoms with Crippen LogP contribution in [-0.4, -0.2) is 71.4 Å². The number of nitrogens with one attached hydrogen (secondary N) is 1. The summed E-state index contributed by atoms with van der Waals surface area (Å²) in [5.41, 5.74) is 6.23. The number of aliphatic hydroxyl groups excluding tert-OH is 4. The number of aromatic nitrogens is 4. The van der Waals surface area contributed by atoms with Crippen molar-refractivity contribution >= 4 is 17.1 Å². The normalized spacial score (nSPS) is 33.4. The third kappa shape index (κ3) is 2.32. The Kier molecular flexibility index (Phi) is 3.47. The van der Waals surface area contributed by atoms with Gasteiger partial charge in [-0.25, -0.2) is 9.97 Å². The molecule has 0 aromatic carbocycles. The number of nitrogens with two attached hydrogens (primary N) is 1. The Hall–Kier alpha value is -1.85. The molecule has 1 aliphatic rings. The molecule has 0 radical (unpaired) electrons. The van der Waals surface area contributed by atoms with Gasteiger partial charge in [-0.2, -0.15) is 4.98 Å². The van der Waals surface area contributed by atoms with Gasteiger partial charge in [0.2, 0.25) is 5.95 Å². The molecule has 114 valence electrons. The predicted octanol–water partition coefficient (Wildman–Crippen LogP) is -2.55. The molecular formula is C11H15N5O5. The molecule has 1 saturated heterocycles. The zero-order valence-electron chi connectivity index (χ0n) is 10.8. The van der Waals surface area contributed by atoms with Crippen LogP contribution in [0, 0.1) is 0 Å². The molecule has 2 aromatic rings. The number of imidazole rings is 1. The fraction of sp³-hybridized carbons (Fsp3) is 0.545. The second kappa shape index (κ2) is 5.16. The number of nitrogens with zero attached hydrogens (tertiary/aromatic N) is 3. The standard InChI is InChI=1S/C11H15N5O5/c12-11-13-1-3-9(16-11)15-10(14-3)8-7(20)6(19)5(18)4(2-17)21-8/h1,4-8,17-20H,2H2,(H3,12,13,14,15,16)/t4-,5-,6+,7-,8?/m1/s1. The van der Waals surface area contributed by atoms with Crippen LogP contribution in [0.1, 0.15) is 11.9 Å². The Bertz CT molecular complexity index is 647. The van der Waals surface area contributed by atoms with Gasteiger partial charge in [-0.15, -0.1) is 0 Å². The first-order valence-corrected chi connectivity index (χ1v) is 6.30. The maximum atomic E-state index is 10.0. The molecule has 2 aromatic heterocycles. The van der Waals surface area contributed by atoms with Crippen molar-refractivity contribution in [1.82, 2.24) is 19.9 Å². The molecule has 21 heavy (non-hydrogen) atoms. The van der Waals surface area contributed by atoms with Gasteiger partial charge in [0.1, 0.15) is 41.9 Å². The van der Waals surface area contributed by atoms with Crippen LogP contribution in [0.5, 0.6) is 0 Å². The van der Waals surface area contributed by atoms with Gasteiger partial charge < -0.3 is 35.9 Å². The molecule has 0 spiro atoms. The maximum absolute atomic E-state index is 10.0. The van der Waals surface area contributed by atoms with E-state index in [-0.39, 0.29) is 17.4 Å². The van der Waals surface area contributed by atoms with Crippen molar-refractivity contribution in [2.75, 3.05) is 12.3 Å². The first-order chi connectivity index (χ1) is 10.0. The zero-order chi connectivity index (χ0) is 15.1. The summed E-state index contributed by atoms with van der Waals surface area (Å²) in [4.78, 5) is 14.7. The Morgan fingerprint density at radius 3 is 2.67 bits per heavy atom. The lowest BCUT2D eigenvalue weighted by atomic mass is 9.95. The first-order valence-electron chi connectivity index (χ1n) is 6.30. The second-order valence-corrected chi connectivity index (χ2v) is 4.84. The van der Waals surface area contributed by atoms with Gasteiger partial charge in [-0.05, 0) is 0 Å². The number of rotatable bonds is 2. The first kappa shape index (κ1) is 14.1. The van der Waals surface area contributed by atoms with E-state index in [1.807, 2.05) is 0 Å². The van der Waals surface area contributed by atoms with Crippen LogP contribution in [-0.2, 0) is 4.74 Å². The van der Waals surface area contributed by atoms with Gasteiger partial charge in [0.15, 0.2) is 5.65 Å². The van der Waals surface area contributed by atoms with Crippen LogP contribution in [0.3, 0.4) is 0 Å². The fourth-order valence-corrected chi connectivity index (χ4v) is 2.30. The highest BCUT2D eigenvalue weighted by atomic mass is 16.5. The van der Waals surface area contributed by atoms with E-state index in [0.717, 1.165) is 0 Å². The topological polar surface area (TPSA) is 171 Å². The quantitative estimate of drug-likeness (QED) is 0.349. The summed E-state index contributed by atoms with van der Waals surface area (Å²) < 4.78 is 5.39. The average Bonchev–Trinajstić information content (AvgIpc) is 2.88. The SMILES string of the molecule is Nc1ncc2[nH]c(C3O[C@H](CO)[C@@H](O)[C@H](O)[C@H]3O)nc2n1. The summed E-state index contributed by atoms with van der Waals surface area (Å²) in [6.45, 7) is -0.506. The van der Waals surface area contributed by atoms with Crippen LogP contribution >= 0.6 is 0 Å². The van der Waals surface area contributed by atoms with Gasteiger partial charge in [0.25, 0.3) is 0 Å². The summed E-state index contributed by atoms with van der Waals surface area (Å²) in [6.07, 6.45) is -4.91. The lowest BCUT2D eigenvalue weighted by Crippen LogP contribution is -2.55. The van der Waals surface area contributed by atoms with Gasteiger partial charge >= 0.3 is 0 Å². The minimum atomic E-state index is -1.47. The molecule has 3 rings (SSSR count). The number of hydrogen-bond donors (Lipinski definition) is 6. The largest absolute Gasteiger partial charge is 0.394 e. The molecule has 7 N–H and O–H groups in total. The van der Waals surface area contributed by atoms with Crippen LogP contribution in [0.15, 0.2) is 6.20 Å². The molecule has 0 aliphatic carbocycles. The van der Waals surface area contributed by atoms with Crippen LogP contribution in [0.25, 0.3) is 11.2 Å². The van der Waals surface area contributed by atoms with E-state index in [1.165, 1.54) is 6.20 Å². The number of aliphatic hydroxyl groups is 4. The molecule has 5 atom stereocenters. The highest BCUT2D eigenvalue weighted by Crippen LogP contribution is 2.31. The smallest absolute Gasteiger partial charge is 0.222 e. The molecule has 0 bridgehead atoms. The van der Waals surface area contributed by atoms with Crippen LogP contribution in [0.2, 0.25) is 0 Å². The van der Waals surface area contributed by atoms with Crippen molar-refractivity contribution in [3.8, 4) is 0 Å². The highest BCUT2D eigenvalue weighted by Gasteiger charge is 2.45. The molecule has 1 unspecified atom stereocenters. The van der Waals surface area contributed by atoms with Crippen LogP contribution < -0.4 is 5.73 Å². The number of H-pyrrole nitrogens is 1. The number of ether oxygens (including phenoxy) is 1. The number of hydrogen-bond acceptors (Lipinski definition) is 9. The van der Waals surface area contributed by atoms with E-state index in [9.17, 15) is 15.3 Å². The molecule has 10 nitrogen and oxygen atoms in total. The van der Waals surface area contributed by atoms with E-state index in [4.69, 9.17) is 15.6 Å². The number of fused-ring (bicyclic) bond motifs is 1. The summed E-state index contributed by atoms with van der Waals surface area (Å²) in [6, 6.07) is 0. The van der Waals surface area contributed by atoms with Gasteiger partial charge in [-0.1, -0.05) is 0 Å². The Labute approximate surface area is 118 Å². The highest BCUT2D eigenvalue weighted by molar-refractivity contribution is 5.70. The molecule has 1 fully saturated rings. The fourth-order valence-electron chi connectivity index (χ4n) is 2.30. The third-order valence-electron chi connectivity index (χ3n) is 3.44. The number of aromatic amines is 1. The summed E-state index contributed by atoms with van der Waals surface area (Å²) in [5.74, 6) is 0.246. The molecule has 3 heterocycles. The van der Waals surface area contributed by atoms with Crippen molar-refractivity contribution < 1.29 is 25.2 Å². The van der Waals surface area contributed by atoms with E-state index >= 15 is 0 Å². The van der Waals surface area contributed by atoms with Crippen molar-refractivity contribution in [1.29, 1.82) is 0 Å². The summed E-state index contributed by atoms with van der Waals surface area (Å²) in [5, 5.41) is 38.7. The Morgan fingerprint density at radius 1 is 1.19 bits per heavy atom. The average molecular weight is 297 g/mol. The van der Waals surface area contributed by atoms with E-state index in [0.29, 0.717) is 5.52 Å². The Balaban J connectivity index is 1.96. The summed E-state index contributed by atoms with van der Waals surface area (Å²) >= 11 is 0. The molecule has 0 amide bonds. The van der Waals surface area contributed by atoms with Crippen molar-refractivity contribution in [3.05, 3.63) is 12.0 Å². The van der Waals surface area contributed by atoms with E-state index < -0.39 is 37.1 Å². The number of nitrogen functional groups attached to an aromatic ring is 1. The Morgan fingerprint density at radius 2 is 1.95 bits per heavy atom. The van der Waals surface area contributed by atoms with Gasteiger partial charge in [0, 0.05) is 0 Å². The minimum absolute atomic E-state index is 0.0503. The molecule has 0 saturated carbocycles.